The van der Waals surface area contributed by atoms with Crippen LogP contribution in [0.1, 0.15) is 37.5 Å². The number of aryl methyl sites for hydroxylation is 2. The summed E-state index contributed by atoms with van der Waals surface area (Å²) < 4.78 is 0. The first-order valence-corrected chi connectivity index (χ1v) is 5.31. The Morgan fingerprint density at radius 3 is 2.50 bits per heavy atom. The van der Waals surface area contributed by atoms with Crippen molar-refractivity contribution in [2.75, 3.05) is 0 Å². The average Bonchev–Trinajstić information content (AvgIpc) is 2.27. The van der Waals surface area contributed by atoms with E-state index in [0.717, 1.165) is 12.8 Å². The van der Waals surface area contributed by atoms with Crippen LogP contribution < -0.4 is 0 Å². The van der Waals surface area contributed by atoms with E-state index in [1.54, 1.807) is 0 Å². The van der Waals surface area contributed by atoms with E-state index in [1.807, 2.05) is 6.08 Å². The molecule has 1 rings (SSSR count). The Bertz CT molecular complexity index is 310. The van der Waals surface area contributed by atoms with Gasteiger partial charge < -0.3 is 0 Å². The van der Waals surface area contributed by atoms with Crippen LogP contribution in [-0.2, 0) is 12.8 Å². The highest BCUT2D eigenvalue weighted by molar-refractivity contribution is 5.44. The summed E-state index contributed by atoms with van der Waals surface area (Å²) in [6, 6.07) is 6.75. The molecule has 1 aromatic rings. The molecule has 1 aromatic carbocycles. The molecule has 0 saturated carbocycles. The molecule has 0 amide bonds. The van der Waals surface area contributed by atoms with Crippen LogP contribution in [0.4, 0.5) is 0 Å². The van der Waals surface area contributed by atoms with Crippen LogP contribution in [0, 0.1) is 5.92 Å². The maximum atomic E-state index is 3.83. The van der Waals surface area contributed by atoms with Crippen LogP contribution in [0.5, 0.6) is 0 Å². The van der Waals surface area contributed by atoms with Gasteiger partial charge in [0.1, 0.15) is 0 Å². The molecular formula is C14H19. The molecule has 75 valence electrons. The summed E-state index contributed by atoms with van der Waals surface area (Å²) in [6.45, 7) is 10.3. The third-order valence-electron chi connectivity index (χ3n) is 2.69. The van der Waals surface area contributed by atoms with E-state index in [0.29, 0.717) is 0 Å². The van der Waals surface area contributed by atoms with E-state index < -0.39 is 0 Å². The second kappa shape index (κ2) is 4.99. The molecule has 0 aromatic heterocycles. The van der Waals surface area contributed by atoms with Crippen LogP contribution in [0.3, 0.4) is 0 Å². The molecule has 14 heavy (non-hydrogen) atoms. The lowest BCUT2D eigenvalue weighted by molar-refractivity contribution is 1.05. The lowest BCUT2D eigenvalue weighted by atomic mass is 9.92. The number of benzene rings is 1. The molecule has 0 fully saturated rings. The highest BCUT2D eigenvalue weighted by Crippen LogP contribution is 2.22. The topological polar surface area (TPSA) is 0 Å². The third kappa shape index (κ3) is 2.25. The zero-order chi connectivity index (χ0) is 10.6. The van der Waals surface area contributed by atoms with Crippen LogP contribution in [0.2, 0.25) is 0 Å². The SMILES string of the molecule is C=C[C](C)c1cc(CC)ccc1CC. The van der Waals surface area contributed by atoms with Gasteiger partial charge in [-0.15, -0.1) is 6.58 Å². The molecule has 0 aliphatic carbocycles. The van der Waals surface area contributed by atoms with Gasteiger partial charge in [-0.05, 0) is 29.5 Å². The zero-order valence-corrected chi connectivity index (χ0v) is 9.43. The highest BCUT2D eigenvalue weighted by atomic mass is 14.1. The van der Waals surface area contributed by atoms with Crippen LogP contribution in [-0.4, -0.2) is 0 Å². The van der Waals surface area contributed by atoms with Crippen LogP contribution in [0.15, 0.2) is 30.9 Å². The summed E-state index contributed by atoms with van der Waals surface area (Å²) >= 11 is 0. The molecule has 1 radical (unpaired) electrons. The predicted octanol–water partition coefficient (Wildman–Crippen LogP) is 3.94. The van der Waals surface area contributed by atoms with Gasteiger partial charge in [0.25, 0.3) is 0 Å². The largest absolute Gasteiger partial charge is 0.102 e. The second-order valence-electron chi connectivity index (χ2n) is 3.59. The van der Waals surface area contributed by atoms with E-state index in [-0.39, 0.29) is 0 Å². The quantitative estimate of drug-likeness (QED) is 0.669. The monoisotopic (exact) mass is 187 g/mol. The molecule has 0 atom stereocenters. The Balaban J connectivity index is 3.14. The molecule has 0 saturated heterocycles. The summed E-state index contributed by atoms with van der Waals surface area (Å²) in [4.78, 5) is 0. The summed E-state index contributed by atoms with van der Waals surface area (Å²) in [5.41, 5.74) is 4.18. The molecule has 0 aliphatic rings. The second-order valence-corrected chi connectivity index (χ2v) is 3.59. The Hall–Kier alpha value is -1.04. The van der Waals surface area contributed by atoms with Gasteiger partial charge in [0, 0.05) is 5.92 Å². The molecular weight excluding hydrogens is 168 g/mol. The molecule has 0 bridgehead atoms. The van der Waals surface area contributed by atoms with Crippen molar-refractivity contribution in [1.29, 1.82) is 0 Å². The Kier molecular flexibility index (Phi) is 3.94. The lowest BCUT2D eigenvalue weighted by Gasteiger charge is -2.13. The van der Waals surface area contributed by atoms with Gasteiger partial charge in [-0.3, -0.25) is 0 Å². The molecule has 0 heteroatoms. The highest BCUT2D eigenvalue weighted by Gasteiger charge is 2.07. The molecule has 0 heterocycles. The fourth-order valence-corrected chi connectivity index (χ4v) is 1.63. The van der Waals surface area contributed by atoms with Crippen LogP contribution >= 0.6 is 0 Å². The van der Waals surface area contributed by atoms with Gasteiger partial charge in [0.2, 0.25) is 0 Å². The minimum Gasteiger partial charge on any atom is -0.102 e. The number of allylic oxidation sites excluding steroid dienone is 1. The van der Waals surface area contributed by atoms with Crippen molar-refractivity contribution in [3.63, 3.8) is 0 Å². The van der Waals surface area contributed by atoms with Gasteiger partial charge in [0.15, 0.2) is 0 Å². The Morgan fingerprint density at radius 2 is 2.00 bits per heavy atom. The van der Waals surface area contributed by atoms with E-state index in [4.69, 9.17) is 0 Å². The molecule has 0 spiro atoms. The van der Waals surface area contributed by atoms with E-state index >= 15 is 0 Å². The predicted molar refractivity (Wildman–Crippen MR) is 63.4 cm³/mol. The van der Waals surface area contributed by atoms with Gasteiger partial charge in [0.05, 0.1) is 0 Å². The van der Waals surface area contributed by atoms with Crippen molar-refractivity contribution >= 4 is 0 Å². The Labute approximate surface area is 87.7 Å². The Morgan fingerprint density at radius 1 is 1.29 bits per heavy atom. The molecule has 0 unspecified atom stereocenters. The number of hydrogen-bond acceptors (Lipinski definition) is 0. The first-order chi connectivity index (χ1) is 6.72. The van der Waals surface area contributed by atoms with Gasteiger partial charge in [-0.2, -0.15) is 0 Å². The summed E-state index contributed by atoms with van der Waals surface area (Å²) in [5.74, 6) is 1.28. The summed E-state index contributed by atoms with van der Waals surface area (Å²) in [5, 5.41) is 0. The van der Waals surface area contributed by atoms with Crippen molar-refractivity contribution in [2.24, 2.45) is 0 Å². The van der Waals surface area contributed by atoms with Crippen molar-refractivity contribution in [2.45, 2.75) is 33.6 Å². The minimum absolute atomic E-state index is 1.09. The number of hydrogen-bond donors (Lipinski definition) is 0. The smallest absolute Gasteiger partial charge is 0.0233 e. The fourth-order valence-electron chi connectivity index (χ4n) is 1.63. The standard InChI is InChI=1S/C14H19/c1-5-11(4)14-10-12(6-2)8-9-13(14)7-3/h5,8-10H,1,6-7H2,2-4H3. The van der Waals surface area contributed by atoms with Gasteiger partial charge in [-0.1, -0.05) is 45.0 Å². The first kappa shape index (κ1) is 11.0. The fraction of sp³-hybridized carbons (Fsp3) is 0.357. The minimum atomic E-state index is 1.09. The average molecular weight is 187 g/mol. The molecule has 0 aliphatic heterocycles. The first-order valence-electron chi connectivity index (χ1n) is 5.31. The van der Waals surface area contributed by atoms with Gasteiger partial charge >= 0.3 is 0 Å². The van der Waals surface area contributed by atoms with Crippen molar-refractivity contribution < 1.29 is 0 Å². The summed E-state index contributed by atoms with van der Waals surface area (Å²) in [7, 11) is 0. The van der Waals surface area contributed by atoms with Crippen molar-refractivity contribution in [3.05, 3.63) is 53.5 Å². The zero-order valence-electron chi connectivity index (χ0n) is 9.43. The van der Waals surface area contributed by atoms with Crippen molar-refractivity contribution in [3.8, 4) is 0 Å². The third-order valence-corrected chi connectivity index (χ3v) is 2.69. The number of rotatable bonds is 4. The van der Waals surface area contributed by atoms with Crippen molar-refractivity contribution in [1.82, 2.24) is 0 Å². The van der Waals surface area contributed by atoms with E-state index in [1.165, 1.54) is 22.6 Å². The molecule has 0 nitrogen and oxygen atoms in total. The van der Waals surface area contributed by atoms with Crippen LogP contribution in [0.25, 0.3) is 0 Å². The maximum Gasteiger partial charge on any atom is 0.0233 e. The summed E-state index contributed by atoms with van der Waals surface area (Å²) in [6.07, 6.45) is 4.12. The van der Waals surface area contributed by atoms with Gasteiger partial charge in [-0.25, -0.2) is 0 Å². The van der Waals surface area contributed by atoms with E-state index in [2.05, 4.69) is 45.5 Å². The maximum absolute atomic E-state index is 3.83. The molecule has 0 N–H and O–H groups in total. The normalized spacial score (nSPS) is 10.6. The lowest BCUT2D eigenvalue weighted by Crippen LogP contribution is -1.98. The van der Waals surface area contributed by atoms with E-state index in [9.17, 15) is 0 Å².